The molecule has 0 saturated carbocycles. The third-order valence-electron chi connectivity index (χ3n) is 2.39. The molecule has 0 aromatic carbocycles. The van der Waals surface area contributed by atoms with Gasteiger partial charge in [-0.2, -0.15) is 0 Å². The summed E-state index contributed by atoms with van der Waals surface area (Å²) >= 11 is 5.01. The van der Waals surface area contributed by atoms with Crippen LogP contribution in [0.3, 0.4) is 0 Å². The maximum Gasteiger partial charge on any atom is 0.0897 e. The van der Waals surface area contributed by atoms with Crippen molar-refractivity contribution in [2.75, 3.05) is 0 Å². The maximum absolute atomic E-state index is 5.57. The molecule has 4 nitrogen and oxygen atoms in total. The Morgan fingerprint density at radius 2 is 2.35 bits per heavy atom. The van der Waals surface area contributed by atoms with Crippen LogP contribution in [0.2, 0.25) is 0 Å². The van der Waals surface area contributed by atoms with Gasteiger partial charge in [-0.3, -0.25) is 16.3 Å². The van der Waals surface area contributed by atoms with Gasteiger partial charge >= 0.3 is 0 Å². The molecule has 0 fully saturated rings. The monoisotopic (exact) mass is 312 g/mol. The molecule has 2 heterocycles. The predicted molar refractivity (Wildman–Crippen MR) is 72.6 cm³/mol. The number of hydrazine groups is 1. The quantitative estimate of drug-likeness (QED) is 0.672. The molecule has 3 N–H and O–H groups in total. The highest BCUT2D eigenvalue weighted by Crippen LogP contribution is 2.18. The summed E-state index contributed by atoms with van der Waals surface area (Å²) in [5.41, 5.74) is 4.74. The molecule has 2 aromatic heterocycles. The molecule has 2 aromatic rings. The fourth-order valence-electron chi connectivity index (χ4n) is 1.55. The zero-order valence-electron chi connectivity index (χ0n) is 9.35. The summed E-state index contributed by atoms with van der Waals surface area (Å²) in [5, 5.41) is 3.12. The van der Waals surface area contributed by atoms with Crippen molar-refractivity contribution in [2.24, 2.45) is 5.84 Å². The van der Waals surface area contributed by atoms with Gasteiger partial charge in [-0.1, -0.05) is 0 Å². The number of pyridine rings is 1. The Labute approximate surface area is 112 Å². The van der Waals surface area contributed by atoms with Crippen LogP contribution < -0.4 is 11.3 Å². The first-order valence-electron chi connectivity index (χ1n) is 5.17. The van der Waals surface area contributed by atoms with Gasteiger partial charge < -0.3 is 0 Å². The van der Waals surface area contributed by atoms with E-state index in [4.69, 9.17) is 5.84 Å². The molecule has 6 heteroatoms. The molecule has 0 spiro atoms. The van der Waals surface area contributed by atoms with Crippen molar-refractivity contribution in [3.63, 3.8) is 0 Å². The second kappa shape index (κ2) is 5.68. The highest BCUT2D eigenvalue weighted by Gasteiger charge is 2.13. The molecule has 0 bridgehead atoms. The molecule has 0 aliphatic heterocycles. The predicted octanol–water partition coefficient (Wildman–Crippen LogP) is 2.36. The lowest BCUT2D eigenvalue weighted by Crippen LogP contribution is -2.30. The summed E-state index contributed by atoms with van der Waals surface area (Å²) in [4.78, 5) is 8.77. The molecular weight excluding hydrogens is 300 g/mol. The number of nitrogens with two attached hydrogens (primary N) is 1. The normalized spacial score (nSPS) is 12.6. The van der Waals surface area contributed by atoms with E-state index in [0.29, 0.717) is 0 Å². The van der Waals surface area contributed by atoms with Crippen LogP contribution in [0.15, 0.2) is 28.2 Å². The molecule has 17 heavy (non-hydrogen) atoms. The minimum atomic E-state index is -0.00963. The first-order chi connectivity index (χ1) is 8.19. The number of hydrogen-bond acceptors (Lipinski definition) is 5. The highest BCUT2D eigenvalue weighted by atomic mass is 79.9. The van der Waals surface area contributed by atoms with Crippen molar-refractivity contribution in [2.45, 2.75) is 19.4 Å². The summed E-state index contributed by atoms with van der Waals surface area (Å²) in [6, 6.07) is 3.90. The second-order valence-electron chi connectivity index (χ2n) is 3.68. The van der Waals surface area contributed by atoms with Crippen LogP contribution in [0.25, 0.3) is 0 Å². The summed E-state index contributed by atoms with van der Waals surface area (Å²) in [5.74, 6) is 5.57. The van der Waals surface area contributed by atoms with E-state index in [1.807, 2.05) is 19.1 Å². The van der Waals surface area contributed by atoms with Crippen LogP contribution >= 0.6 is 27.3 Å². The number of nitrogens with zero attached hydrogens (tertiary/aromatic N) is 2. The fourth-order valence-corrected chi connectivity index (χ4v) is 2.41. The van der Waals surface area contributed by atoms with Gasteiger partial charge in [-0.25, -0.2) is 4.98 Å². The minimum Gasteiger partial charge on any atom is -0.271 e. The third kappa shape index (κ3) is 3.32. The van der Waals surface area contributed by atoms with Crippen molar-refractivity contribution in [1.82, 2.24) is 15.4 Å². The van der Waals surface area contributed by atoms with Gasteiger partial charge in [0.2, 0.25) is 0 Å². The fraction of sp³-hybridized carbons (Fsp3) is 0.273. The van der Waals surface area contributed by atoms with Gasteiger partial charge in [-0.15, -0.1) is 11.3 Å². The molecule has 1 atom stereocenters. The van der Waals surface area contributed by atoms with Crippen LogP contribution in [0.4, 0.5) is 0 Å². The van der Waals surface area contributed by atoms with E-state index in [1.54, 1.807) is 17.5 Å². The van der Waals surface area contributed by atoms with E-state index in [2.05, 4.69) is 36.7 Å². The number of rotatable bonds is 4. The van der Waals surface area contributed by atoms with Crippen LogP contribution in [0, 0.1) is 6.92 Å². The number of hydrogen-bond donors (Lipinski definition) is 2. The number of thiazole rings is 1. The zero-order valence-corrected chi connectivity index (χ0v) is 11.8. The van der Waals surface area contributed by atoms with E-state index in [-0.39, 0.29) is 6.04 Å². The Hall–Kier alpha value is -0.820. The van der Waals surface area contributed by atoms with Gasteiger partial charge in [0, 0.05) is 22.5 Å². The van der Waals surface area contributed by atoms with Crippen molar-refractivity contribution in [3.05, 3.63) is 44.6 Å². The van der Waals surface area contributed by atoms with Gasteiger partial charge in [0.05, 0.1) is 22.4 Å². The summed E-state index contributed by atoms with van der Waals surface area (Å²) in [6.07, 6.45) is 2.52. The van der Waals surface area contributed by atoms with Gasteiger partial charge in [-0.05, 0) is 35.0 Å². The largest absolute Gasteiger partial charge is 0.271 e. The number of nitrogens with one attached hydrogen (secondary N) is 1. The van der Waals surface area contributed by atoms with Crippen LogP contribution in [0.1, 0.15) is 22.4 Å². The molecular formula is C11H13BrN4S. The topological polar surface area (TPSA) is 63.8 Å². The average molecular weight is 313 g/mol. The molecule has 2 rings (SSSR count). The van der Waals surface area contributed by atoms with Crippen LogP contribution in [-0.2, 0) is 6.42 Å². The molecule has 90 valence electrons. The van der Waals surface area contributed by atoms with Crippen molar-refractivity contribution >= 4 is 27.3 Å². The Balaban J connectivity index is 2.13. The van der Waals surface area contributed by atoms with Gasteiger partial charge in [0.15, 0.2) is 0 Å². The van der Waals surface area contributed by atoms with Crippen LogP contribution in [0.5, 0.6) is 0 Å². The van der Waals surface area contributed by atoms with Gasteiger partial charge in [0.25, 0.3) is 0 Å². The molecule has 0 radical (unpaired) electrons. The minimum absolute atomic E-state index is 0.00963. The molecule has 0 aliphatic rings. The zero-order chi connectivity index (χ0) is 12.3. The smallest absolute Gasteiger partial charge is 0.0897 e. The Morgan fingerprint density at radius 3 is 2.88 bits per heavy atom. The SMILES string of the molecule is Cc1nc(CC(NN)c2ccc(Br)cn2)cs1. The van der Waals surface area contributed by atoms with E-state index >= 15 is 0 Å². The van der Waals surface area contributed by atoms with Gasteiger partial charge in [0.1, 0.15) is 0 Å². The van der Waals surface area contributed by atoms with E-state index in [1.165, 1.54) is 0 Å². The van der Waals surface area contributed by atoms with Crippen LogP contribution in [-0.4, -0.2) is 9.97 Å². The van der Waals surface area contributed by atoms with Crippen molar-refractivity contribution < 1.29 is 0 Å². The second-order valence-corrected chi connectivity index (χ2v) is 5.66. The van der Waals surface area contributed by atoms with Crippen molar-refractivity contribution in [3.8, 4) is 0 Å². The number of aryl methyl sites for hydroxylation is 1. The Morgan fingerprint density at radius 1 is 1.53 bits per heavy atom. The summed E-state index contributed by atoms with van der Waals surface area (Å²) < 4.78 is 0.960. The lowest BCUT2D eigenvalue weighted by Gasteiger charge is -2.13. The Bertz CT molecular complexity index is 482. The van der Waals surface area contributed by atoms with E-state index in [0.717, 1.165) is 27.3 Å². The standard InChI is InChI=1S/C11H13BrN4S/c1-7-15-9(6-17-7)4-11(16-13)10-3-2-8(12)5-14-10/h2-3,5-6,11,16H,4,13H2,1H3. The summed E-state index contributed by atoms with van der Waals surface area (Å²) in [7, 11) is 0. The van der Waals surface area contributed by atoms with E-state index < -0.39 is 0 Å². The van der Waals surface area contributed by atoms with E-state index in [9.17, 15) is 0 Å². The lowest BCUT2D eigenvalue weighted by atomic mass is 10.1. The first-order valence-corrected chi connectivity index (χ1v) is 6.85. The molecule has 0 aliphatic carbocycles. The molecule has 0 saturated heterocycles. The number of halogens is 1. The summed E-state index contributed by atoms with van der Waals surface area (Å²) in [6.45, 7) is 2.00. The highest BCUT2D eigenvalue weighted by molar-refractivity contribution is 9.10. The third-order valence-corrected chi connectivity index (χ3v) is 3.68. The first kappa shape index (κ1) is 12.6. The molecule has 1 unspecified atom stereocenters. The number of aromatic nitrogens is 2. The molecule has 0 amide bonds. The lowest BCUT2D eigenvalue weighted by molar-refractivity contribution is 0.533. The Kier molecular flexibility index (Phi) is 4.22. The average Bonchev–Trinajstić information content (AvgIpc) is 2.73. The van der Waals surface area contributed by atoms with Crippen molar-refractivity contribution in [1.29, 1.82) is 0 Å². The maximum atomic E-state index is 5.57.